The highest BCUT2D eigenvalue weighted by Crippen LogP contribution is 2.19. The molecule has 2 rings (SSSR count). The van der Waals surface area contributed by atoms with Crippen molar-refractivity contribution in [1.29, 1.82) is 0 Å². The molecular formula is C19H22FNO3. The van der Waals surface area contributed by atoms with E-state index in [2.05, 4.69) is 11.4 Å². The maximum Gasteiger partial charge on any atom is 0.331 e. The Bertz CT molecular complexity index is 620. The monoisotopic (exact) mass is 331 g/mol. The second-order valence-corrected chi connectivity index (χ2v) is 5.70. The van der Waals surface area contributed by atoms with E-state index in [0.29, 0.717) is 12.1 Å². The minimum atomic E-state index is -0.607. The van der Waals surface area contributed by atoms with Crippen molar-refractivity contribution in [2.45, 2.75) is 32.1 Å². The fourth-order valence-corrected chi connectivity index (χ4v) is 2.47. The minimum Gasteiger partial charge on any atom is -0.452 e. The van der Waals surface area contributed by atoms with Gasteiger partial charge in [0.2, 0.25) is 0 Å². The summed E-state index contributed by atoms with van der Waals surface area (Å²) in [5.74, 6) is -1.25. The van der Waals surface area contributed by atoms with Gasteiger partial charge in [-0.25, -0.2) is 9.18 Å². The zero-order valence-corrected chi connectivity index (χ0v) is 13.6. The number of carbonyl (C=O) groups excluding carboxylic acids is 2. The number of hydrogen-bond acceptors (Lipinski definition) is 3. The molecule has 0 radical (unpaired) electrons. The van der Waals surface area contributed by atoms with Gasteiger partial charge in [0.1, 0.15) is 5.82 Å². The zero-order chi connectivity index (χ0) is 17.2. The Kier molecular flexibility index (Phi) is 7.21. The van der Waals surface area contributed by atoms with E-state index in [1.54, 1.807) is 12.1 Å². The molecule has 1 aliphatic carbocycles. The normalized spacial score (nSPS) is 14.3. The summed E-state index contributed by atoms with van der Waals surface area (Å²) in [5, 5.41) is 2.74. The predicted octanol–water partition coefficient (Wildman–Crippen LogP) is 3.39. The maximum absolute atomic E-state index is 12.8. The fourth-order valence-electron chi connectivity index (χ4n) is 2.47. The van der Waals surface area contributed by atoms with Crippen LogP contribution in [0, 0.1) is 5.82 Å². The van der Waals surface area contributed by atoms with Crippen LogP contribution >= 0.6 is 0 Å². The second kappa shape index (κ2) is 9.65. The number of rotatable bonds is 7. The van der Waals surface area contributed by atoms with E-state index in [1.807, 2.05) is 0 Å². The summed E-state index contributed by atoms with van der Waals surface area (Å²) in [6.07, 6.45) is 10.5. The van der Waals surface area contributed by atoms with Gasteiger partial charge < -0.3 is 10.1 Å². The van der Waals surface area contributed by atoms with Gasteiger partial charge in [-0.3, -0.25) is 4.79 Å². The minimum absolute atomic E-state index is 0.300. The van der Waals surface area contributed by atoms with Gasteiger partial charge in [-0.15, -0.1) is 0 Å². The van der Waals surface area contributed by atoms with Gasteiger partial charge in [-0.1, -0.05) is 23.8 Å². The van der Waals surface area contributed by atoms with E-state index in [4.69, 9.17) is 4.74 Å². The molecule has 4 nitrogen and oxygen atoms in total. The highest BCUT2D eigenvalue weighted by Gasteiger charge is 2.07. The van der Waals surface area contributed by atoms with Crippen molar-refractivity contribution < 1.29 is 18.7 Å². The molecule has 0 bridgehead atoms. The molecule has 24 heavy (non-hydrogen) atoms. The van der Waals surface area contributed by atoms with Gasteiger partial charge in [-0.2, -0.15) is 0 Å². The molecule has 1 aromatic carbocycles. The number of benzene rings is 1. The molecule has 0 spiro atoms. The van der Waals surface area contributed by atoms with Gasteiger partial charge in [0.15, 0.2) is 6.61 Å². The van der Waals surface area contributed by atoms with Gasteiger partial charge >= 0.3 is 5.97 Å². The molecule has 0 saturated heterocycles. The lowest BCUT2D eigenvalue weighted by Gasteiger charge is -2.12. The van der Waals surface area contributed by atoms with Crippen molar-refractivity contribution in [3.05, 3.63) is 53.4 Å². The third-order valence-electron chi connectivity index (χ3n) is 3.78. The standard InChI is InChI=1S/C19H22FNO3/c20-17-9-6-16(7-10-17)8-11-19(23)24-14-18(22)21-13-12-15-4-2-1-3-5-15/h4,6-11H,1-3,5,12-14H2,(H,21,22)/b11-8+. The Morgan fingerprint density at radius 2 is 2.00 bits per heavy atom. The third-order valence-corrected chi connectivity index (χ3v) is 3.78. The number of esters is 1. The first-order valence-electron chi connectivity index (χ1n) is 8.18. The highest BCUT2D eigenvalue weighted by molar-refractivity contribution is 5.89. The van der Waals surface area contributed by atoms with Crippen molar-refractivity contribution in [2.75, 3.05) is 13.2 Å². The Morgan fingerprint density at radius 3 is 2.71 bits per heavy atom. The van der Waals surface area contributed by atoms with Crippen LogP contribution in [0.1, 0.15) is 37.7 Å². The van der Waals surface area contributed by atoms with Crippen LogP contribution in [-0.4, -0.2) is 25.0 Å². The van der Waals surface area contributed by atoms with Gasteiger partial charge in [0.05, 0.1) is 0 Å². The Labute approximate surface area is 141 Å². The molecular weight excluding hydrogens is 309 g/mol. The number of carbonyl (C=O) groups is 2. The Hall–Kier alpha value is -2.43. The number of allylic oxidation sites excluding steroid dienone is 1. The molecule has 128 valence electrons. The SMILES string of the molecule is O=C(COC(=O)/C=C/c1ccc(F)cc1)NCCC1=CCCCC1. The van der Waals surface area contributed by atoms with Crippen LogP contribution in [0.4, 0.5) is 4.39 Å². The number of ether oxygens (including phenoxy) is 1. The van der Waals surface area contributed by atoms with Crippen LogP contribution < -0.4 is 5.32 Å². The average Bonchev–Trinajstić information content (AvgIpc) is 2.60. The van der Waals surface area contributed by atoms with Crippen molar-refractivity contribution in [1.82, 2.24) is 5.32 Å². The van der Waals surface area contributed by atoms with Gasteiger partial charge in [0, 0.05) is 12.6 Å². The largest absolute Gasteiger partial charge is 0.452 e. The molecule has 1 aliphatic rings. The predicted molar refractivity (Wildman–Crippen MR) is 90.6 cm³/mol. The molecule has 0 saturated carbocycles. The molecule has 0 heterocycles. The van der Waals surface area contributed by atoms with Crippen LogP contribution in [0.15, 0.2) is 42.0 Å². The summed E-state index contributed by atoms with van der Waals surface area (Å²) in [5.41, 5.74) is 2.07. The van der Waals surface area contributed by atoms with E-state index in [-0.39, 0.29) is 18.3 Å². The maximum atomic E-state index is 12.8. The topological polar surface area (TPSA) is 55.4 Å². The smallest absolute Gasteiger partial charge is 0.331 e. The number of amides is 1. The van der Waals surface area contributed by atoms with E-state index in [0.717, 1.165) is 19.3 Å². The summed E-state index contributed by atoms with van der Waals surface area (Å²) in [7, 11) is 0. The van der Waals surface area contributed by atoms with Crippen molar-refractivity contribution in [3.63, 3.8) is 0 Å². The quantitative estimate of drug-likeness (QED) is 0.473. The van der Waals surface area contributed by atoms with E-state index in [9.17, 15) is 14.0 Å². The first-order chi connectivity index (χ1) is 11.6. The van der Waals surface area contributed by atoms with Crippen LogP contribution in [0.3, 0.4) is 0 Å². The van der Waals surface area contributed by atoms with Crippen LogP contribution in [0.25, 0.3) is 6.08 Å². The number of hydrogen-bond donors (Lipinski definition) is 1. The summed E-state index contributed by atoms with van der Waals surface area (Å²) in [6.45, 7) is 0.263. The molecule has 1 aromatic rings. The zero-order valence-electron chi connectivity index (χ0n) is 13.6. The van der Waals surface area contributed by atoms with Crippen LogP contribution in [0.5, 0.6) is 0 Å². The number of nitrogens with one attached hydrogen (secondary N) is 1. The molecule has 0 unspecified atom stereocenters. The second-order valence-electron chi connectivity index (χ2n) is 5.70. The van der Waals surface area contributed by atoms with Crippen molar-refractivity contribution in [3.8, 4) is 0 Å². The Morgan fingerprint density at radius 1 is 1.21 bits per heavy atom. The van der Waals surface area contributed by atoms with E-state index in [1.165, 1.54) is 42.7 Å². The molecule has 1 amide bonds. The lowest BCUT2D eigenvalue weighted by atomic mass is 9.97. The highest BCUT2D eigenvalue weighted by atomic mass is 19.1. The van der Waals surface area contributed by atoms with Crippen LogP contribution in [-0.2, 0) is 14.3 Å². The summed E-state index contributed by atoms with van der Waals surface area (Å²) in [4.78, 5) is 23.2. The Balaban J connectivity index is 1.62. The molecule has 0 aromatic heterocycles. The van der Waals surface area contributed by atoms with Crippen molar-refractivity contribution >= 4 is 18.0 Å². The molecule has 5 heteroatoms. The summed E-state index contributed by atoms with van der Waals surface area (Å²) in [6, 6.07) is 5.71. The van der Waals surface area contributed by atoms with Gasteiger partial charge in [0.25, 0.3) is 5.91 Å². The molecule has 1 N–H and O–H groups in total. The van der Waals surface area contributed by atoms with Crippen LogP contribution in [0.2, 0.25) is 0 Å². The molecule has 0 aliphatic heterocycles. The van der Waals surface area contributed by atoms with Gasteiger partial charge in [-0.05, 0) is 55.9 Å². The number of halogens is 1. The lowest BCUT2D eigenvalue weighted by Crippen LogP contribution is -2.29. The first-order valence-corrected chi connectivity index (χ1v) is 8.18. The molecule has 0 atom stereocenters. The third kappa shape index (κ3) is 6.77. The average molecular weight is 331 g/mol. The summed E-state index contributed by atoms with van der Waals surface area (Å²) >= 11 is 0. The molecule has 0 fully saturated rings. The lowest BCUT2D eigenvalue weighted by molar-refractivity contribution is -0.143. The van der Waals surface area contributed by atoms with Crippen molar-refractivity contribution in [2.24, 2.45) is 0 Å². The van der Waals surface area contributed by atoms with E-state index < -0.39 is 5.97 Å². The van der Waals surface area contributed by atoms with E-state index >= 15 is 0 Å². The first kappa shape index (κ1) is 17.9. The summed E-state index contributed by atoms with van der Waals surface area (Å²) < 4.78 is 17.6. The fraction of sp³-hybridized carbons (Fsp3) is 0.368.